The van der Waals surface area contributed by atoms with E-state index in [2.05, 4.69) is 19.1 Å². The van der Waals surface area contributed by atoms with E-state index in [1.807, 2.05) is 32.0 Å². The summed E-state index contributed by atoms with van der Waals surface area (Å²) < 4.78 is 18.1. The van der Waals surface area contributed by atoms with Crippen LogP contribution in [0.2, 0.25) is 0 Å². The normalized spacial score (nSPS) is 36.4. The number of rotatable bonds is 3. The molecule has 0 bridgehead atoms. The minimum Gasteiger partial charge on any atom is -0.358 e. The Morgan fingerprint density at radius 3 is 2.47 bits per heavy atom. The molecule has 2 fully saturated rings. The molecule has 0 spiro atoms. The molecule has 0 radical (unpaired) electrons. The van der Waals surface area contributed by atoms with E-state index >= 15 is 0 Å². The molecule has 3 nitrogen and oxygen atoms in total. The number of benzene rings is 1. The Balaban J connectivity index is 1.76. The highest BCUT2D eigenvalue weighted by molar-refractivity contribution is 7.99. The van der Waals surface area contributed by atoms with Crippen LogP contribution in [-0.4, -0.2) is 29.5 Å². The molecule has 4 atom stereocenters. The van der Waals surface area contributed by atoms with Crippen LogP contribution in [0.4, 0.5) is 0 Å². The molecule has 1 aromatic carbocycles. The predicted octanol–water partition coefficient (Wildman–Crippen LogP) is 3.43. The number of thioether (sulfide) groups is 1. The predicted molar refractivity (Wildman–Crippen MR) is 75.1 cm³/mol. The van der Waals surface area contributed by atoms with Crippen molar-refractivity contribution in [2.45, 2.75) is 61.6 Å². The fraction of sp³-hybridized carbons (Fsp3) is 0.600. The highest BCUT2D eigenvalue weighted by atomic mass is 32.2. The fourth-order valence-electron chi connectivity index (χ4n) is 2.70. The molecule has 104 valence electrons. The van der Waals surface area contributed by atoms with Gasteiger partial charge in [0, 0.05) is 4.90 Å². The van der Waals surface area contributed by atoms with E-state index < -0.39 is 5.79 Å². The van der Waals surface area contributed by atoms with Crippen LogP contribution in [0.15, 0.2) is 35.2 Å². The first-order valence-corrected chi connectivity index (χ1v) is 7.70. The van der Waals surface area contributed by atoms with Gasteiger partial charge in [-0.2, -0.15) is 0 Å². The van der Waals surface area contributed by atoms with Crippen LogP contribution in [0.5, 0.6) is 0 Å². The molecule has 0 aliphatic carbocycles. The van der Waals surface area contributed by atoms with Crippen LogP contribution in [0.25, 0.3) is 0 Å². The van der Waals surface area contributed by atoms with E-state index in [4.69, 9.17) is 14.2 Å². The monoisotopic (exact) mass is 280 g/mol. The minimum atomic E-state index is -0.498. The molecule has 19 heavy (non-hydrogen) atoms. The van der Waals surface area contributed by atoms with E-state index in [1.54, 1.807) is 11.8 Å². The summed E-state index contributed by atoms with van der Waals surface area (Å²) in [4.78, 5) is 1.20. The Morgan fingerprint density at radius 1 is 1.11 bits per heavy atom. The highest BCUT2D eigenvalue weighted by Gasteiger charge is 2.54. The van der Waals surface area contributed by atoms with Crippen molar-refractivity contribution in [3.05, 3.63) is 30.3 Å². The Bertz CT molecular complexity index is 434. The molecule has 2 heterocycles. The Hall–Kier alpha value is -0.550. The first kappa shape index (κ1) is 13.4. The lowest BCUT2D eigenvalue weighted by Gasteiger charge is -2.23. The van der Waals surface area contributed by atoms with Crippen molar-refractivity contribution in [3.8, 4) is 0 Å². The third-order valence-corrected chi connectivity index (χ3v) is 4.66. The van der Waals surface area contributed by atoms with E-state index in [0.717, 1.165) is 6.42 Å². The summed E-state index contributed by atoms with van der Waals surface area (Å²) in [6, 6.07) is 10.3. The lowest BCUT2D eigenvalue weighted by molar-refractivity contribution is -0.178. The van der Waals surface area contributed by atoms with Crippen LogP contribution in [-0.2, 0) is 14.2 Å². The maximum Gasteiger partial charge on any atom is 0.164 e. The van der Waals surface area contributed by atoms with E-state index in [-0.39, 0.29) is 23.7 Å². The molecule has 0 aromatic heterocycles. The summed E-state index contributed by atoms with van der Waals surface area (Å²) in [7, 11) is 0. The molecule has 0 amide bonds. The van der Waals surface area contributed by atoms with Gasteiger partial charge in [0.05, 0.1) is 6.10 Å². The SMILES string of the molecule is CC[C@H]1O[C@@H](Sc2ccccc2)[C@H]2OC(C)(C)OC12. The smallest absolute Gasteiger partial charge is 0.164 e. The fourth-order valence-corrected chi connectivity index (χ4v) is 3.82. The largest absolute Gasteiger partial charge is 0.358 e. The first-order valence-electron chi connectivity index (χ1n) is 6.82. The Kier molecular flexibility index (Phi) is 3.60. The van der Waals surface area contributed by atoms with Crippen molar-refractivity contribution < 1.29 is 14.2 Å². The molecule has 3 rings (SSSR count). The molecule has 0 saturated carbocycles. The average Bonchev–Trinajstić information content (AvgIpc) is 2.85. The van der Waals surface area contributed by atoms with Gasteiger partial charge in [0.2, 0.25) is 0 Å². The zero-order valence-electron chi connectivity index (χ0n) is 11.5. The van der Waals surface area contributed by atoms with Crippen molar-refractivity contribution >= 4 is 11.8 Å². The second-order valence-electron chi connectivity index (χ2n) is 5.45. The van der Waals surface area contributed by atoms with Crippen LogP contribution in [0.3, 0.4) is 0 Å². The summed E-state index contributed by atoms with van der Waals surface area (Å²) in [6.07, 6.45) is 1.16. The van der Waals surface area contributed by atoms with Crippen LogP contribution >= 0.6 is 11.8 Å². The third kappa shape index (κ3) is 2.68. The zero-order valence-corrected chi connectivity index (χ0v) is 12.4. The van der Waals surface area contributed by atoms with Gasteiger partial charge in [-0.1, -0.05) is 36.9 Å². The van der Waals surface area contributed by atoms with Crippen molar-refractivity contribution in [3.63, 3.8) is 0 Å². The molecule has 1 unspecified atom stereocenters. The van der Waals surface area contributed by atoms with Gasteiger partial charge in [-0.15, -0.1) is 0 Å². The van der Waals surface area contributed by atoms with Gasteiger partial charge in [0.25, 0.3) is 0 Å². The van der Waals surface area contributed by atoms with E-state index in [1.165, 1.54) is 4.90 Å². The number of hydrogen-bond donors (Lipinski definition) is 0. The van der Waals surface area contributed by atoms with E-state index in [0.29, 0.717) is 0 Å². The molecule has 0 N–H and O–H groups in total. The van der Waals surface area contributed by atoms with Crippen LogP contribution in [0.1, 0.15) is 27.2 Å². The molecule has 4 heteroatoms. The maximum absolute atomic E-state index is 6.09. The number of ether oxygens (including phenoxy) is 3. The minimum absolute atomic E-state index is 0.0131. The summed E-state index contributed by atoms with van der Waals surface area (Å²) in [5.74, 6) is -0.498. The van der Waals surface area contributed by atoms with Gasteiger partial charge in [-0.25, -0.2) is 0 Å². The van der Waals surface area contributed by atoms with Gasteiger partial charge >= 0.3 is 0 Å². The Labute approximate surface area is 118 Å². The maximum atomic E-state index is 6.09. The van der Waals surface area contributed by atoms with Crippen molar-refractivity contribution in [1.82, 2.24) is 0 Å². The molecule has 2 aliphatic heterocycles. The van der Waals surface area contributed by atoms with Gasteiger partial charge in [0.15, 0.2) is 5.79 Å². The van der Waals surface area contributed by atoms with E-state index in [9.17, 15) is 0 Å². The molecular weight excluding hydrogens is 260 g/mol. The third-order valence-electron chi connectivity index (χ3n) is 3.50. The second-order valence-corrected chi connectivity index (χ2v) is 6.62. The quantitative estimate of drug-likeness (QED) is 0.848. The molecule has 1 aromatic rings. The standard InChI is InChI=1S/C15H20O3S/c1-4-11-12-13(18-15(2,3)17-12)14(16-11)19-10-8-6-5-7-9-10/h5-9,11-14H,4H2,1-3H3/t11-,12?,13+,14+/m1/s1. The lowest BCUT2D eigenvalue weighted by atomic mass is 10.1. The van der Waals surface area contributed by atoms with Crippen LogP contribution in [0, 0.1) is 0 Å². The first-order chi connectivity index (χ1) is 9.09. The van der Waals surface area contributed by atoms with Crippen molar-refractivity contribution in [1.29, 1.82) is 0 Å². The van der Waals surface area contributed by atoms with Gasteiger partial charge in [-0.05, 0) is 32.4 Å². The van der Waals surface area contributed by atoms with Crippen molar-refractivity contribution in [2.75, 3.05) is 0 Å². The van der Waals surface area contributed by atoms with Gasteiger partial charge in [0.1, 0.15) is 17.6 Å². The number of hydrogen-bond acceptors (Lipinski definition) is 4. The topological polar surface area (TPSA) is 27.7 Å². The second kappa shape index (κ2) is 5.09. The Morgan fingerprint density at radius 2 is 1.79 bits per heavy atom. The van der Waals surface area contributed by atoms with Crippen molar-refractivity contribution in [2.24, 2.45) is 0 Å². The summed E-state index contributed by atoms with van der Waals surface area (Å²) >= 11 is 1.72. The number of fused-ring (bicyclic) bond motifs is 1. The molecular formula is C15H20O3S. The zero-order chi connectivity index (χ0) is 13.5. The average molecular weight is 280 g/mol. The molecule has 2 saturated heterocycles. The highest BCUT2D eigenvalue weighted by Crippen LogP contribution is 2.44. The summed E-state index contributed by atoms with van der Waals surface area (Å²) in [6.45, 7) is 6.08. The lowest BCUT2D eigenvalue weighted by Crippen LogP contribution is -2.28. The summed E-state index contributed by atoms with van der Waals surface area (Å²) in [5, 5.41) is 0. The van der Waals surface area contributed by atoms with Crippen LogP contribution < -0.4 is 0 Å². The molecule has 2 aliphatic rings. The van der Waals surface area contributed by atoms with Gasteiger partial charge < -0.3 is 14.2 Å². The summed E-state index contributed by atoms with van der Waals surface area (Å²) in [5.41, 5.74) is 0.0131. The van der Waals surface area contributed by atoms with Gasteiger partial charge in [-0.3, -0.25) is 0 Å².